The highest BCUT2D eigenvalue weighted by atomic mass is 16.2. The molecule has 0 aromatic carbocycles. The molecule has 1 aliphatic rings. The van der Waals surface area contributed by atoms with Gasteiger partial charge in [0.05, 0.1) is 0 Å². The van der Waals surface area contributed by atoms with Crippen molar-refractivity contribution in [2.24, 2.45) is 0 Å². The number of carbonyl (C=O) groups excluding carboxylic acids is 2. The summed E-state index contributed by atoms with van der Waals surface area (Å²) in [5.74, 6) is -0.426. The number of hydrogen-bond acceptors (Lipinski definition) is 3. The lowest BCUT2D eigenvalue weighted by molar-refractivity contribution is 0.0943. The Morgan fingerprint density at radius 1 is 1.26 bits per heavy atom. The summed E-state index contributed by atoms with van der Waals surface area (Å²) < 4.78 is 0. The van der Waals surface area contributed by atoms with E-state index in [1.165, 1.54) is 30.7 Å². The quantitative estimate of drug-likeness (QED) is 0.793. The minimum Gasteiger partial charge on any atom is -0.350 e. The van der Waals surface area contributed by atoms with E-state index in [2.05, 4.69) is 21.7 Å². The van der Waals surface area contributed by atoms with E-state index in [9.17, 15) is 9.59 Å². The van der Waals surface area contributed by atoms with Crippen LogP contribution in [0.2, 0.25) is 0 Å². The van der Waals surface area contributed by atoms with Gasteiger partial charge in [0.1, 0.15) is 5.69 Å². The Balaban J connectivity index is 1.89. The summed E-state index contributed by atoms with van der Waals surface area (Å²) in [7, 11) is 0. The largest absolute Gasteiger partial charge is 0.350 e. The van der Waals surface area contributed by atoms with Gasteiger partial charge in [-0.3, -0.25) is 14.6 Å². The molecule has 1 heterocycles. The summed E-state index contributed by atoms with van der Waals surface area (Å²) in [6.45, 7) is 4.40. The van der Waals surface area contributed by atoms with Crippen LogP contribution in [0.4, 0.5) is 0 Å². The molecule has 0 saturated carbocycles. The Morgan fingerprint density at radius 2 is 2.09 bits per heavy atom. The zero-order chi connectivity index (χ0) is 16.7. The molecule has 1 aromatic rings. The van der Waals surface area contributed by atoms with Crippen LogP contribution in [0.1, 0.15) is 66.8 Å². The Morgan fingerprint density at radius 3 is 2.78 bits per heavy atom. The Labute approximate surface area is 137 Å². The molecule has 1 aliphatic carbocycles. The lowest BCUT2D eigenvalue weighted by Crippen LogP contribution is -2.31. The number of hydrogen-bond donors (Lipinski definition) is 2. The summed E-state index contributed by atoms with van der Waals surface area (Å²) in [5.41, 5.74) is 2.16. The third-order valence-electron chi connectivity index (χ3n) is 3.79. The molecule has 2 rings (SSSR count). The third-order valence-corrected chi connectivity index (χ3v) is 3.79. The normalized spacial score (nSPS) is 14.3. The van der Waals surface area contributed by atoms with Gasteiger partial charge in [0.25, 0.3) is 11.8 Å². The molecule has 124 valence electrons. The average molecular weight is 315 g/mol. The van der Waals surface area contributed by atoms with Crippen molar-refractivity contribution in [3.63, 3.8) is 0 Å². The van der Waals surface area contributed by atoms with E-state index >= 15 is 0 Å². The monoisotopic (exact) mass is 315 g/mol. The van der Waals surface area contributed by atoms with Crippen molar-refractivity contribution in [2.75, 3.05) is 6.54 Å². The second kappa shape index (κ2) is 8.46. The van der Waals surface area contributed by atoms with Crippen LogP contribution in [0, 0.1) is 0 Å². The molecular formula is C18H25N3O2. The standard InChI is InChI=1S/C18H25N3O2/c1-13(2)21-17(22)15-9-11-19-16(12-15)18(23)20-10-8-14-6-4-3-5-7-14/h6,9,11-13H,3-5,7-8,10H2,1-2H3,(H,20,23)(H,21,22). The van der Waals surface area contributed by atoms with Crippen molar-refractivity contribution in [1.29, 1.82) is 0 Å². The van der Waals surface area contributed by atoms with E-state index in [-0.39, 0.29) is 23.6 Å². The minimum atomic E-state index is -0.236. The number of aromatic nitrogens is 1. The molecule has 0 fully saturated rings. The fourth-order valence-electron chi connectivity index (χ4n) is 2.60. The van der Waals surface area contributed by atoms with Gasteiger partial charge < -0.3 is 10.6 Å². The highest BCUT2D eigenvalue weighted by molar-refractivity contribution is 5.98. The van der Waals surface area contributed by atoms with Crippen molar-refractivity contribution in [1.82, 2.24) is 15.6 Å². The molecule has 5 heteroatoms. The fraction of sp³-hybridized carbons (Fsp3) is 0.500. The third kappa shape index (κ3) is 5.51. The molecule has 2 N–H and O–H groups in total. The number of nitrogens with zero attached hydrogens (tertiary/aromatic N) is 1. The van der Waals surface area contributed by atoms with Gasteiger partial charge in [0.15, 0.2) is 0 Å². The van der Waals surface area contributed by atoms with Gasteiger partial charge in [0, 0.05) is 24.3 Å². The van der Waals surface area contributed by atoms with Crippen molar-refractivity contribution in [2.45, 2.75) is 52.0 Å². The van der Waals surface area contributed by atoms with Gasteiger partial charge in [-0.2, -0.15) is 0 Å². The molecule has 1 aromatic heterocycles. The van der Waals surface area contributed by atoms with Crippen LogP contribution in [-0.4, -0.2) is 29.4 Å². The van der Waals surface area contributed by atoms with Gasteiger partial charge in [-0.05, 0) is 58.1 Å². The first-order valence-electron chi connectivity index (χ1n) is 8.29. The van der Waals surface area contributed by atoms with Gasteiger partial charge in [-0.1, -0.05) is 11.6 Å². The van der Waals surface area contributed by atoms with E-state index in [0.717, 1.165) is 19.3 Å². The molecular weight excluding hydrogens is 290 g/mol. The number of carbonyl (C=O) groups is 2. The molecule has 0 spiro atoms. The average Bonchev–Trinajstić information content (AvgIpc) is 2.55. The van der Waals surface area contributed by atoms with Crippen LogP contribution in [0.15, 0.2) is 30.0 Å². The fourth-order valence-corrected chi connectivity index (χ4v) is 2.60. The topological polar surface area (TPSA) is 71.1 Å². The highest BCUT2D eigenvalue weighted by Crippen LogP contribution is 2.19. The molecule has 0 aliphatic heterocycles. The summed E-state index contributed by atoms with van der Waals surface area (Å²) in [6.07, 6.45) is 9.47. The highest BCUT2D eigenvalue weighted by Gasteiger charge is 2.12. The summed E-state index contributed by atoms with van der Waals surface area (Å²) in [5, 5.41) is 5.68. The molecule has 5 nitrogen and oxygen atoms in total. The second-order valence-corrected chi connectivity index (χ2v) is 6.17. The first-order chi connectivity index (χ1) is 11.1. The SMILES string of the molecule is CC(C)NC(=O)c1ccnc(C(=O)NCCC2=CCCCC2)c1. The number of pyridine rings is 1. The van der Waals surface area contributed by atoms with Crippen LogP contribution < -0.4 is 10.6 Å². The Hall–Kier alpha value is -2.17. The predicted octanol–water partition coefficient (Wildman–Crippen LogP) is 2.84. The maximum absolute atomic E-state index is 12.2. The lowest BCUT2D eigenvalue weighted by Gasteiger charge is -2.13. The molecule has 0 saturated heterocycles. The number of nitrogens with one attached hydrogen (secondary N) is 2. The van der Waals surface area contributed by atoms with Crippen LogP contribution in [0.5, 0.6) is 0 Å². The second-order valence-electron chi connectivity index (χ2n) is 6.17. The zero-order valence-corrected chi connectivity index (χ0v) is 13.9. The summed E-state index contributed by atoms with van der Waals surface area (Å²) in [4.78, 5) is 28.2. The van der Waals surface area contributed by atoms with Crippen LogP contribution in [0.25, 0.3) is 0 Å². The van der Waals surface area contributed by atoms with E-state index < -0.39 is 0 Å². The maximum Gasteiger partial charge on any atom is 0.269 e. The van der Waals surface area contributed by atoms with Crippen molar-refractivity contribution < 1.29 is 9.59 Å². The maximum atomic E-state index is 12.2. The Bertz CT molecular complexity index is 594. The first-order valence-corrected chi connectivity index (χ1v) is 8.29. The molecule has 23 heavy (non-hydrogen) atoms. The predicted molar refractivity (Wildman–Crippen MR) is 90.3 cm³/mol. The van der Waals surface area contributed by atoms with E-state index in [4.69, 9.17) is 0 Å². The van der Waals surface area contributed by atoms with Gasteiger partial charge in [-0.15, -0.1) is 0 Å². The molecule has 0 bridgehead atoms. The van der Waals surface area contributed by atoms with Crippen molar-refractivity contribution >= 4 is 11.8 Å². The van der Waals surface area contributed by atoms with Crippen LogP contribution in [-0.2, 0) is 0 Å². The number of rotatable bonds is 6. The summed E-state index contributed by atoms with van der Waals surface area (Å²) >= 11 is 0. The molecule has 0 radical (unpaired) electrons. The number of amides is 2. The lowest BCUT2D eigenvalue weighted by atomic mass is 9.97. The van der Waals surface area contributed by atoms with Crippen LogP contribution in [0.3, 0.4) is 0 Å². The minimum absolute atomic E-state index is 0.0525. The van der Waals surface area contributed by atoms with Crippen LogP contribution >= 0.6 is 0 Å². The van der Waals surface area contributed by atoms with Crippen molar-refractivity contribution in [3.8, 4) is 0 Å². The summed E-state index contributed by atoms with van der Waals surface area (Å²) in [6, 6.07) is 3.20. The van der Waals surface area contributed by atoms with E-state index in [0.29, 0.717) is 12.1 Å². The zero-order valence-electron chi connectivity index (χ0n) is 13.9. The van der Waals surface area contributed by atoms with E-state index in [1.807, 2.05) is 13.8 Å². The molecule has 0 atom stereocenters. The van der Waals surface area contributed by atoms with E-state index in [1.54, 1.807) is 6.07 Å². The van der Waals surface area contributed by atoms with Crippen molar-refractivity contribution in [3.05, 3.63) is 41.2 Å². The van der Waals surface area contributed by atoms with Gasteiger partial charge >= 0.3 is 0 Å². The van der Waals surface area contributed by atoms with Gasteiger partial charge in [-0.25, -0.2) is 0 Å². The first kappa shape index (κ1) is 17.2. The molecule has 2 amide bonds. The van der Waals surface area contributed by atoms with Gasteiger partial charge in [0.2, 0.25) is 0 Å². The Kier molecular flexibility index (Phi) is 6.32. The smallest absolute Gasteiger partial charge is 0.269 e. The molecule has 0 unspecified atom stereocenters. The number of allylic oxidation sites excluding steroid dienone is 1.